The number of aromatic nitrogens is 5. The van der Waals surface area contributed by atoms with Gasteiger partial charge in [0.15, 0.2) is 0 Å². The number of nitrogens with zero attached hydrogens (tertiary/aromatic N) is 7. The number of amides is 4. The molecule has 4 fully saturated rings. The van der Waals surface area contributed by atoms with Gasteiger partial charge < -0.3 is 24.1 Å². The predicted octanol–water partition coefficient (Wildman–Crippen LogP) is 6.05. The number of carbonyl (C=O) groups excluding carboxylic acids is 3. The molecule has 55 heavy (non-hydrogen) atoms. The first-order valence-electron chi connectivity index (χ1n) is 19.7. The van der Waals surface area contributed by atoms with Crippen molar-refractivity contribution >= 4 is 51.2 Å². The normalized spacial score (nSPS) is 21.3. The molecule has 286 valence electrons. The number of anilines is 2. The van der Waals surface area contributed by atoms with Crippen LogP contribution in [-0.2, 0) is 4.79 Å². The zero-order chi connectivity index (χ0) is 37.6. The van der Waals surface area contributed by atoms with Crippen molar-refractivity contribution in [3.8, 4) is 5.75 Å². The van der Waals surface area contributed by atoms with E-state index in [1.807, 2.05) is 30.5 Å². The number of piperidine rings is 1. The lowest BCUT2D eigenvalue weighted by molar-refractivity contribution is -0.120. The fourth-order valence-corrected chi connectivity index (χ4v) is 8.89. The Labute approximate surface area is 318 Å². The molecule has 14 heteroatoms. The van der Waals surface area contributed by atoms with E-state index in [0.29, 0.717) is 42.3 Å². The molecule has 6 heterocycles. The number of hydrogen-bond donors (Lipinski definition) is 2. The van der Waals surface area contributed by atoms with E-state index in [1.165, 1.54) is 6.42 Å². The highest BCUT2D eigenvalue weighted by Crippen LogP contribution is 2.37. The van der Waals surface area contributed by atoms with Crippen LogP contribution in [0.5, 0.6) is 5.75 Å². The van der Waals surface area contributed by atoms with Gasteiger partial charge in [-0.1, -0.05) is 0 Å². The van der Waals surface area contributed by atoms with Crippen molar-refractivity contribution in [3.63, 3.8) is 0 Å². The van der Waals surface area contributed by atoms with Crippen LogP contribution in [0, 0.1) is 5.92 Å². The monoisotopic (exact) mass is 745 g/mol. The van der Waals surface area contributed by atoms with E-state index < -0.39 is 0 Å². The van der Waals surface area contributed by atoms with Gasteiger partial charge in [-0.05, 0) is 101 Å². The maximum atomic E-state index is 13.4. The van der Waals surface area contributed by atoms with E-state index in [-0.39, 0.29) is 35.1 Å². The lowest BCUT2D eigenvalue weighted by Crippen LogP contribution is -2.49. The average Bonchev–Trinajstić information content (AvgIpc) is 3.81. The van der Waals surface area contributed by atoms with Crippen molar-refractivity contribution in [1.29, 1.82) is 0 Å². The smallest absolute Gasteiger partial charge is 0.328 e. The number of hydrogen-bond acceptors (Lipinski definition) is 8. The molecule has 2 aliphatic carbocycles. The van der Waals surface area contributed by atoms with Crippen molar-refractivity contribution in [1.82, 2.24) is 34.1 Å². The Morgan fingerprint density at radius 2 is 1.69 bits per heavy atom. The third-order valence-corrected chi connectivity index (χ3v) is 12.2. The minimum atomic E-state index is -0.379. The quantitative estimate of drug-likeness (QED) is 0.176. The van der Waals surface area contributed by atoms with E-state index in [1.54, 1.807) is 41.1 Å². The third-order valence-electron chi connectivity index (χ3n) is 12.2. The Morgan fingerprint density at radius 1 is 0.909 bits per heavy atom. The van der Waals surface area contributed by atoms with Gasteiger partial charge in [-0.15, -0.1) is 0 Å². The highest BCUT2D eigenvalue weighted by Gasteiger charge is 2.30. The number of likely N-dealkylation sites (tertiary alicyclic amines) is 1. The van der Waals surface area contributed by atoms with E-state index >= 15 is 0 Å². The summed E-state index contributed by atoms with van der Waals surface area (Å²) in [4.78, 5) is 59.5. The number of pyridine rings is 2. The van der Waals surface area contributed by atoms with Crippen molar-refractivity contribution in [3.05, 3.63) is 77.1 Å². The number of fused-ring (bicyclic) bond motifs is 2. The lowest BCUT2D eigenvalue weighted by atomic mass is 9.84. The molecule has 1 aromatic carbocycles. The second-order valence-corrected chi connectivity index (χ2v) is 15.6. The van der Waals surface area contributed by atoms with Crippen LogP contribution in [0.2, 0.25) is 0 Å². The fourth-order valence-electron chi connectivity index (χ4n) is 8.89. The summed E-state index contributed by atoms with van der Waals surface area (Å²) >= 11 is 0. The summed E-state index contributed by atoms with van der Waals surface area (Å²) in [5, 5.41) is 12.0. The van der Waals surface area contributed by atoms with Gasteiger partial charge >= 0.3 is 6.03 Å². The van der Waals surface area contributed by atoms with Crippen molar-refractivity contribution in [2.75, 3.05) is 43.5 Å². The molecule has 0 radical (unpaired) electrons. The number of nitrogens with one attached hydrogen (secondary N) is 2. The van der Waals surface area contributed by atoms with E-state index in [2.05, 4.69) is 31.0 Å². The number of imide groups is 1. The Kier molecular flexibility index (Phi) is 9.36. The maximum absolute atomic E-state index is 13.4. The Hall–Kier alpha value is -5.50. The average molecular weight is 746 g/mol. The number of ether oxygens (including phenoxy) is 1. The first-order chi connectivity index (χ1) is 26.8. The largest absolute Gasteiger partial charge is 0.496 e. The summed E-state index contributed by atoms with van der Waals surface area (Å²) < 4.78 is 11.7. The van der Waals surface area contributed by atoms with Crippen LogP contribution < -0.4 is 25.8 Å². The molecule has 0 spiro atoms. The second-order valence-electron chi connectivity index (χ2n) is 15.6. The first-order valence-corrected chi connectivity index (χ1v) is 19.7. The van der Waals surface area contributed by atoms with Crippen LogP contribution in [0.1, 0.15) is 92.7 Å². The summed E-state index contributed by atoms with van der Waals surface area (Å²) in [5.74, 6) is 0.503. The van der Waals surface area contributed by atoms with Crippen LogP contribution in [-0.4, -0.2) is 79.9 Å². The molecule has 5 aromatic rings. The Balaban J connectivity index is 0.775. The number of methoxy groups -OCH3 is 1. The first kappa shape index (κ1) is 35.2. The van der Waals surface area contributed by atoms with Crippen LogP contribution in [0.3, 0.4) is 0 Å². The van der Waals surface area contributed by atoms with E-state index in [0.717, 1.165) is 98.6 Å². The van der Waals surface area contributed by atoms with Crippen LogP contribution in [0.25, 0.3) is 21.9 Å². The zero-order valence-corrected chi connectivity index (χ0v) is 31.2. The molecule has 4 aliphatic rings. The Morgan fingerprint density at radius 3 is 2.45 bits per heavy atom. The van der Waals surface area contributed by atoms with E-state index in [9.17, 15) is 19.2 Å². The molecule has 0 atom stereocenters. The molecule has 14 nitrogen and oxygen atoms in total. The minimum absolute atomic E-state index is 0.186. The van der Waals surface area contributed by atoms with Gasteiger partial charge in [0.05, 0.1) is 29.9 Å². The standard InChI is InChI=1S/C41H47N9O5/c1-55-36-24-34-27(23-32(36)39(52)43-33-3-2-17-48(40(33)53)28-8-9-28)25-50(45-34)30-6-4-26(5-7-30)11-18-46-19-12-29(13-20-46)47-21-14-31-35(10-16-42-38(31)47)49-22-15-37(51)44-41(49)54/h2-3,10,14,16-17,21,23-26,28-30H,4-9,11-13,15,18-20,22H2,1H3,(H,43,52)(H,44,51,54). The summed E-state index contributed by atoms with van der Waals surface area (Å²) in [6.07, 6.45) is 17.7. The molecular weight excluding hydrogens is 699 g/mol. The number of benzene rings is 1. The molecular formula is C41H47N9O5. The summed E-state index contributed by atoms with van der Waals surface area (Å²) in [6.45, 7) is 3.56. The van der Waals surface area contributed by atoms with Crippen LogP contribution in [0.4, 0.5) is 16.2 Å². The lowest BCUT2D eigenvalue weighted by Gasteiger charge is -2.35. The van der Waals surface area contributed by atoms with Gasteiger partial charge in [-0.25, -0.2) is 9.78 Å². The predicted molar refractivity (Wildman–Crippen MR) is 209 cm³/mol. The fraction of sp³-hybridized carbons (Fsp3) is 0.463. The van der Waals surface area contributed by atoms with Gasteiger partial charge in [0.25, 0.3) is 11.5 Å². The van der Waals surface area contributed by atoms with E-state index in [4.69, 9.17) is 14.8 Å². The number of rotatable bonds is 10. The molecule has 9 rings (SSSR count). The van der Waals surface area contributed by atoms with Gasteiger partial charge in [0.2, 0.25) is 5.91 Å². The molecule has 2 N–H and O–H groups in total. The summed E-state index contributed by atoms with van der Waals surface area (Å²) in [5.41, 5.74) is 2.92. The van der Waals surface area contributed by atoms with Crippen molar-refractivity contribution in [2.45, 2.75) is 82.3 Å². The van der Waals surface area contributed by atoms with Crippen molar-refractivity contribution in [2.24, 2.45) is 5.92 Å². The highest BCUT2D eigenvalue weighted by atomic mass is 16.5. The van der Waals surface area contributed by atoms with Gasteiger partial charge in [0, 0.05) is 79.8 Å². The molecule has 2 saturated carbocycles. The molecule has 4 aromatic heterocycles. The van der Waals surface area contributed by atoms with Gasteiger partial charge in [0.1, 0.15) is 17.1 Å². The topological polar surface area (TPSA) is 149 Å². The molecule has 0 unspecified atom stereocenters. The van der Waals surface area contributed by atoms with Crippen molar-refractivity contribution < 1.29 is 19.1 Å². The second kappa shape index (κ2) is 14.6. The highest BCUT2D eigenvalue weighted by molar-refractivity contribution is 6.09. The molecule has 4 amide bonds. The number of urea groups is 1. The SMILES string of the molecule is COc1cc2nn(C3CCC(CCN4CCC(n5ccc6c(N7CCC(=O)NC7=O)ccnc65)CC4)CC3)cc2cc1C(=O)Nc1cccn(C2CC2)c1=O. The van der Waals surface area contributed by atoms with Crippen LogP contribution >= 0.6 is 0 Å². The number of carbonyl (C=O) groups is 3. The van der Waals surface area contributed by atoms with Gasteiger partial charge in [-0.2, -0.15) is 5.10 Å². The minimum Gasteiger partial charge on any atom is -0.496 e. The molecule has 2 aliphatic heterocycles. The van der Waals surface area contributed by atoms with Crippen LogP contribution in [0.15, 0.2) is 66.0 Å². The third kappa shape index (κ3) is 6.99. The summed E-state index contributed by atoms with van der Waals surface area (Å²) in [6, 6.07) is 11.5. The molecule has 2 saturated heterocycles. The summed E-state index contributed by atoms with van der Waals surface area (Å²) in [7, 11) is 1.54. The van der Waals surface area contributed by atoms with Gasteiger partial charge in [-0.3, -0.25) is 29.3 Å². The maximum Gasteiger partial charge on any atom is 0.328 e. The molecule has 0 bridgehead atoms. The zero-order valence-electron chi connectivity index (χ0n) is 31.2. The Bertz CT molecular complexity index is 2330.